The Hall–Kier alpha value is -4.62. The highest BCUT2D eigenvalue weighted by atomic mass is 16.5. The highest BCUT2D eigenvalue weighted by molar-refractivity contribution is 6.03. The van der Waals surface area contributed by atoms with Crippen LogP contribution in [0.3, 0.4) is 0 Å². The molecule has 4 heteroatoms. The summed E-state index contributed by atoms with van der Waals surface area (Å²) in [4.78, 5) is 4.68. The van der Waals surface area contributed by atoms with Crippen LogP contribution in [0.15, 0.2) is 106 Å². The summed E-state index contributed by atoms with van der Waals surface area (Å²) in [5, 5.41) is 12.2. The molecule has 0 atom stereocenters. The second kappa shape index (κ2) is 9.48. The smallest absolute Gasteiger partial charge is 0.238 e. The lowest BCUT2D eigenvalue weighted by atomic mass is 9.98. The third kappa shape index (κ3) is 3.96. The van der Waals surface area contributed by atoms with Crippen molar-refractivity contribution >= 4 is 22.9 Å². The van der Waals surface area contributed by atoms with Crippen molar-refractivity contribution in [2.45, 2.75) is 6.92 Å². The van der Waals surface area contributed by atoms with E-state index >= 15 is 0 Å². The van der Waals surface area contributed by atoms with Crippen LogP contribution in [0.5, 0.6) is 5.75 Å². The average molecular weight is 443 g/mol. The van der Waals surface area contributed by atoms with Crippen molar-refractivity contribution in [3.8, 4) is 34.3 Å². The Labute approximate surface area is 198 Å². The zero-order valence-electron chi connectivity index (χ0n) is 18.7. The molecule has 4 aromatic carbocycles. The van der Waals surface area contributed by atoms with Gasteiger partial charge in [0, 0.05) is 22.9 Å². The molecule has 0 saturated carbocycles. The predicted octanol–water partition coefficient (Wildman–Crippen LogP) is 7.79. The molecule has 0 fully saturated rings. The monoisotopic (exact) mass is 442 g/mol. The van der Waals surface area contributed by atoms with Gasteiger partial charge in [-0.15, -0.1) is 0 Å². The Kier molecular flexibility index (Phi) is 5.92. The molecule has 34 heavy (non-hydrogen) atoms. The van der Waals surface area contributed by atoms with Crippen molar-refractivity contribution in [2.24, 2.45) is 4.99 Å². The molecule has 5 aromatic rings. The molecule has 0 aliphatic carbocycles. The van der Waals surface area contributed by atoms with Gasteiger partial charge in [0.25, 0.3) is 0 Å². The van der Waals surface area contributed by atoms with Crippen LogP contribution >= 0.6 is 0 Å². The third-order valence-corrected chi connectivity index (χ3v) is 5.64. The lowest BCUT2D eigenvalue weighted by molar-refractivity contribution is 0.340. The van der Waals surface area contributed by atoms with Gasteiger partial charge in [-0.05, 0) is 29.3 Å². The van der Waals surface area contributed by atoms with Gasteiger partial charge in [0.15, 0.2) is 0 Å². The number of aliphatic imine (C=N–C) groups is 1. The van der Waals surface area contributed by atoms with Crippen molar-refractivity contribution in [1.29, 1.82) is 5.26 Å². The number of nitriles is 1. The van der Waals surface area contributed by atoms with Crippen LogP contribution in [0.2, 0.25) is 0 Å². The van der Waals surface area contributed by atoms with Gasteiger partial charge in [0.1, 0.15) is 23.1 Å². The fourth-order valence-corrected chi connectivity index (χ4v) is 4.10. The van der Waals surface area contributed by atoms with Gasteiger partial charge in [0.05, 0.1) is 6.61 Å². The van der Waals surface area contributed by atoms with Crippen LogP contribution in [0.4, 0.5) is 5.88 Å². The molecular formula is C30H22N2O2. The summed E-state index contributed by atoms with van der Waals surface area (Å²) in [5.41, 5.74) is 3.79. The van der Waals surface area contributed by atoms with Crippen molar-refractivity contribution in [1.82, 2.24) is 0 Å². The van der Waals surface area contributed by atoms with Crippen LogP contribution in [0, 0.1) is 11.3 Å². The summed E-state index contributed by atoms with van der Waals surface area (Å²) < 4.78 is 12.1. The van der Waals surface area contributed by atoms with Crippen molar-refractivity contribution in [2.75, 3.05) is 6.61 Å². The van der Waals surface area contributed by atoms with Gasteiger partial charge in [-0.2, -0.15) is 5.26 Å². The summed E-state index contributed by atoms with van der Waals surface area (Å²) in [5.74, 6) is 1.63. The van der Waals surface area contributed by atoms with E-state index in [4.69, 9.17) is 9.15 Å². The zero-order chi connectivity index (χ0) is 23.3. The van der Waals surface area contributed by atoms with E-state index in [-0.39, 0.29) is 5.88 Å². The maximum absolute atomic E-state index is 10.1. The van der Waals surface area contributed by atoms with Gasteiger partial charge < -0.3 is 9.15 Å². The Morgan fingerprint density at radius 2 is 1.53 bits per heavy atom. The number of hydrogen-bond acceptors (Lipinski definition) is 4. The van der Waals surface area contributed by atoms with E-state index in [2.05, 4.69) is 17.1 Å². The number of rotatable bonds is 6. The summed E-state index contributed by atoms with van der Waals surface area (Å²) in [6.07, 6.45) is 1.73. The second-order valence-electron chi connectivity index (χ2n) is 7.72. The molecule has 4 nitrogen and oxygen atoms in total. The van der Waals surface area contributed by atoms with E-state index in [9.17, 15) is 5.26 Å². The minimum Gasteiger partial charge on any atom is -0.493 e. The van der Waals surface area contributed by atoms with E-state index in [1.807, 2.05) is 97.9 Å². The van der Waals surface area contributed by atoms with Gasteiger partial charge >= 0.3 is 0 Å². The van der Waals surface area contributed by atoms with Crippen LogP contribution in [0.25, 0.3) is 33.2 Å². The van der Waals surface area contributed by atoms with Crippen LogP contribution in [0.1, 0.15) is 18.1 Å². The van der Waals surface area contributed by atoms with E-state index in [1.165, 1.54) is 0 Å². The molecule has 0 aliphatic rings. The summed E-state index contributed by atoms with van der Waals surface area (Å²) in [6.45, 7) is 2.49. The number of hydrogen-bond donors (Lipinski definition) is 0. The second-order valence-corrected chi connectivity index (χ2v) is 7.72. The number of benzene rings is 4. The van der Waals surface area contributed by atoms with Crippen molar-refractivity contribution < 1.29 is 9.15 Å². The Balaban J connectivity index is 1.70. The molecule has 0 saturated heterocycles. The molecule has 5 rings (SSSR count). The highest BCUT2D eigenvalue weighted by Gasteiger charge is 2.22. The molecule has 164 valence electrons. The SMILES string of the molecule is CCOc1ccc2ccccc2c1C=Nc1oc(-c2ccccc2)c(-c2ccccc2)c1C#N. The fraction of sp³-hybridized carbons (Fsp3) is 0.0667. The van der Waals surface area contributed by atoms with Crippen molar-refractivity contribution in [3.05, 3.63) is 108 Å². The van der Waals surface area contributed by atoms with E-state index in [1.54, 1.807) is 6.21 Å². The molecule has 1 heterocycles. The largest absolute Gasteiger partial charge is 0.493 e. The van der Waals surface area contributed by atoms with Crippen molar-refractivity contribution in [3.63, 3.8) is 0 Å². The highest BCUT2D eigenvalue weighted by Crippen LogP contribution is 2.42. The molecule has 0 aliphatic heterocycles. The van der Waals surface area contributed by atoms with Crippen LogP contribution < -0.4 is 4.74 Å². The average Bonchev–Trinajstić information content (AvgIpc) is 3.27. The Morgan fingerprint density at radius 3 is 2.24 bits per heavy atom. The van der Waals surface area contributed by atoms with E-state index < -0.39 is 0 Å². The number of ether oxygens (including phenoxy) is 1. The van der Waals surface area contributed by atoms with E-state index in [0.29, 0.717) is 17.9 Å². The molecule has 0 bridgehead atoms. The maximum atomic E-state index is 10.1. The first kappa shape index (κ1) is 21.2. The zero-order valence-corrected chi connectivity index (χ0v) is 18.7. The Morgan fingerprint density at radius 1 is 0.853 bits per heavy atom. The first-order valence-electron chi connectivity index (χ1n) is 11.2. The minimum atomic E-state index is 0.274. The van der Waals surface area contributed by atoms with Gasteiger partial charge in [0.2, 0.25) is 5.88 Å². The molecule has 0 radical (unpaired) electrons. The maximum Gasteiger partial charge on any atom is 0.238 e. The third-order valence-electron chi connectivity index (χ3n) is 5.64. The summed E-state index contributed by atoms with van der Waals surface area (Å²) in [6, 6.07) is 34.0. The molecule has 0 N–H and O–H groups in total. The van der Waals surface area contributed by atoms with Crippen LogP contribution in [-0.4, -0.2) is 12.8 Å². The molecule has 0 spiro atoms. The van der Waals surface area contributed by atoms with Gasteiger partial charge in [-0.1, -0.05) is 91.0 Å². The molecular weight excluding hydrogens is 420 g/mol. The lowest BCUT2D eigenvalue weighted by Gasteiger charge is -2.10. The number of nitrogens with zero attached hydrogens (tertiary/aromatic N) is 2. The molecule has 0 unspecified atom stereocenters. The number of fused-ring (bicyclic) bond motifs is 1. The first-order valence-corrected chi connectivity index (χ1v) is 11.2. The normalized spacial score (nSPS) is 11.1. The summed E-state index contributed by atoms with van der Waals surface area (Å²) >= 11 is 0. The van der Waals surface area contributed by atoms with Gasteiger partial charge in [-0.25, -0.2) is 4.99 Å². The summed E-state index contributed by atoms with van der Waals surface area (Å²) in [7, 11) is 0. The molecule has 1 aromatic heterocycles. The topological polar surface area (TPSA) is 58.5 Å². The van der Waals surface area contributed by atoms with E-state index in [0.717, 1.165) is 38.8 Å². The quantitative estimate of drug-likeness (QED) is 0.252. The van der Waals surface area contributed by atoms with Crippen LogP contribution in [-0.2, 0) is 0 Å². The minimum absolute atomic E-state index is 0.274. The Bertz CT molecular complexity index is 1510. The number of furan rings is 1. The fourth-order valence-electron chi connectivity index (χ4n) is 4.10. The first-order chi connectivity index (χ1) is 16.8. The molecule has 0 amide bonds. The predicted molar refractivity (Wildman–Crippen MR) is 137 cm³/mol. The van der Waals surface area contributed by atoms with Gasteiger partial charge in [-0.3, -0.25) is 0 Å². The lowest BCUT2D eigenvalue weighted by Crippen LogP contribution is -1.97. The standard InChI is InChI=1S/C30H22N2O2/c1-2-33-27-18-17-21-11-9-10-16-24(21)26(27)20-32-30-25(19-31)28(22-12-5-3-6-13-22)29(34-30)23-14-7-4-8-15-23/h3-18,20H,2H2,1H3.